The Labute approximate surface area is 213 Å². The number of hydrogen-bond acceptors (Lipinski definition) is 4. The van der Waals surface area contributed by atoms with Crippen LogP contribution >= 0.6 is 23.8 Å². The van der Waals surface area contributed by atoms with Crippen LogP contribution in [0.3, 0.4) is 0 Å². The van der Waals surface area contributed by atoms with E-state index >= 15 is 0 Å². The van der Waals surface area contributed by atoms with Gasteiger partial charge in [0, 0.05) is 22.5 Å². The molecule has 5 rings (SSSR count). The fourth-order valence-electron chi connectivity index (χ4n) is 4.17. The van der Waals surface area contributed by atoms with Crippen LogP contribution in [0.15, 0.2) is 89.5 Å². The first-order valence-electron chi connectivity index (χ1n) is 11.2. The van der Waals surface area contributed by atoms with E-state index in [0.717, 1.165) is 22.5 Å². The number of nitrogens with zero attached hydrogens (tertiary/aromatic N) is 2. The highest BCUT2D eigenvalue weighted by atomic mass is 35.5. The lowest BCUT2D eigenvalue weighted by Crippen LogP contribution is -2.36. The number of nitrogens with one attached hydrogen (secondary N) is 2. The number of carbonyl (C=O) groups is 1. The van der Waals surface area contributed by atoms with Crippen molar-refractivity contribution in [2.24, 2.45) is 0 Å². The Morgan fingerprint density at radius 2 is 1.91 bits per heavy atom. The minimum atomic E-state index is -0.367. The van der Waals surface area contributed by atoms with Crippen LogP contribution in [0.5, 0.6) is 0 Å². The molecule has 1 aliphatic rings. The molecular formula is C27H23ClN4O2S. The monoisotopic (exact) mass is 502 g/mol. The summed E-state index contributed by atoms with van der Waals surface area (Å²) in [6.07, 6.45) is 1.74. The number of pyridine rings is 1. The number of thiocarbonyl (C=S) groups is 1. The van der Waals surface area contributed by atoms with Crippen LogP contribution in [0.2, 0.25) is 5.02 Å². The smallest absolute Gasteiger partial charge is 0.244 e. The summed E-state index contributed by atoms with van der Waals surface area (Å²) in [5, 5.41) is 7.41. The summed E-state index contributed by atoms with van der Waals surface area (Å²) in [7, 11) is 0. The second kappa shape index (κ2) is 9.90. The molecule has 2 N–H and O–H groups in total. The lowest BCUT2D eigenvalue weighted by Gasteiger charge is -2.25. The predicted octanol–water partition coefficient (Wildman–Crippen LogP) is 5.91. The summed E-state index contributed by atoms with van der Waals surface area (Å²) in [6, 6.07) is 24.1. The van der Waals surface area contributed by atoms with Crippen molar-refractivity contribution in [1.29, 1.82) is 0 Å². The Hall–Kier alpha value is -3.68. The second-order valence-electron chi connectivity index (χ2n) is 8.33. The van der Waals surface area contributed by atoms with Crippen LogP contribution in [0.4, 0.5) is 5.69 Å². The fourth-order valence-corrected chi connectivity index (χ4v) is 4.66. The van der Waals surface area contributed by atoms with E-state index in [9.17, 15) is 4.79 Å². The van der Waals surface area contributed by atoms with E-state index in [1.807, 2.05) is 90.7 Å². The number of carbonyl (C=O) groups excluding carboxylic acids is 1. The van der Waals surface area contributed by atoms with E-state index < -0.39 is 0 Å². The summed E-state index contributed by atoms with van der Waals surface area (Å²) in [6.45, 7) is 2.02. The van der Waals surface area contributed by atoms with Crippen molar-refractivity contribution < 1.29 is 9.21 Å². The SMILES string of the molecule is Cc1ccc(-c2ccc([C@H]3[C@@H](c4ccccn4)NC(=S)N3CC(=O)Nc3ccccc3)o2)cc1Cl. The number of halogens is 1. The minimum absolute atomic E-state index is 0.0567. The Balaban J connectivity index is 1.47. The van der Waals surface area contributed by atoms with Gasteiger partial charge in [0.05, 0.1) is 11.7 Å². The maximum absolute atomic E-state index is 12.9. The Morgan fingerprint density at radius 3 is 2.66 bits per heavy atom. The van der Waals surface area contributed by atoms with Crippen molar-refractivity contribution in [2.75, 3.05) is 11.9 Å². The average molecular weight is 503 g/mol. The summed E-state index contributed by atoms with van der Waals surface area (Å²) in [4.78, 5) is 19.3. The van der Waals surface area contributed by atoms with E-state index in [2.05, 4.69) is 15.6 Å². The molecule has 2 atom stereocenters. The highest BCUT2D eigenvalue weighted by Gasteiger charge is 2.42. The summed E-state index contributed by atoms with van der Waals surface area (Å²) in [5.74, 6) is 1.18. The highest BCUT2D eigenvalue weighted by molar-refractivity contribution is 7.80. The number of amides is 1. The van der Waals surface area contributed by atoms with Crippen LogP contribution in [-0.4, -0.2) is 27.4 Å². The quantitative estimate of drug-likeness (QED) is 0.319. The zero-order chi connectivity index (χ0) is 24.4. The molecule has 6 nitrogen and oxygen atoms in total. The maximum atomic E-state index is 12.9. The van der Waals surface area contributed by atoms with E-state index in [1.54, 1.807) is 6.20 Å². The molecule has 0 aliphatic carbocycles. The first kappa shape index (κ1) is 23.1. The minimum Gasteiger partial charge on any atom is -0.459 e. The molecule has 0 spiro atoms. The highest BCUT2D eigenvalue weighted by Crippen LogP contribution is 2.40. The largest absolute Gasteiger partial charge is 0.459 e. The Morgan fingerprint density at radius 1 is 1.11 bits per heavy atom. The Kier molecular flexibility index (Phi) is 6.53. The molecule has 0 unspecified atom stereocenters. The molecule has 2 aromatic heterocycles. The molecule has 1 amide bonds. The van der Waals surface area contributed by atoms with E-state index in [4.69, 9.17) is 28.2 Å². The van der Waals surface area contributed by atoms with Crippen molar-refractivity contribution in [2.45, 2.75) is 19.0 Å². The number of furan rings is 1. The number of rotatable bonds is 6. The predicted molar refractivity (Wildman–Crippen MR) is 141 cm³/mol. The number of benzene rings is 2. The number of anilines is 1. The number of hydrogen-bond donors (Lipinski definition) is 2. The standard InChI is InChI=1S/C27H23ClN4O2S/c1-17-10-11-18(15-20(17)28)22-12-13-23(34-22)26-25(21-9-5-6-14-29-21)31-27(35)32(26)16-24(33)30-19-7-3-2-4-8-19/h2-15,25-26H,16H2,1H3,(H,30,33)(H,31,35)/t25-,26+/m1/s1. The van der Waals surface area contributed by atoms with Gasteiger partial charge in [-0.2, -0.15) is 0 Å². The van der Waals surface area contributed by atoms with Gasteiger partial charge in [-0.1, -0.05) is 48.0 Å². The molecule has 35 heavy (non-hydrogen) atoms. The molecule has 8 heteroatoms. The third kappa shape index (κ3) is 4.92. The van der Waals surface area contributed by atoms with Crippen molar-refractivity contribution >= 4 is 40.5 Å². The van der Waals surface area contributed by atoms with E-state index in [1.165, 1.54) is 0 Å². The summed E-state index contributed by atoms with van der Waals surface area (Å²) >= 11 is 12.0. The van der Waals surface area contributed by atoms with Gasteiger partial charge < -0.3 is 20.0 Å². The number of para-hydroxylation sites is 1. The van der Waals surface area contributed by atoms with Gasteiger partial charge >= 0.3 is 0 Å². The first-order valence-corrected chi connectivity index (χ1v) is 12.0. The molecule has 1 aliphatic heterocycles. The zero-order valence-corrected chi connectivity index (χ0v) is 20.5. The van der Waals surface area contributed by atoms with Crippen molar-refractivity contribution in [3.05, 3.63) is 107 Å². The van der Waals surface area contributed by atoms with E-state index in [0.29, 0.717) is 21.7 Å². The third-order valence-electron chi connectivity index (χ3n) is 5.94. The van der Waals surface area contributed by atoms with Crippen LogP contribution in [-0.2, 0) is 4.79 Å². The zero-order valence-electron chi connectivity index (χ0n) is 18.9. The fraction of sp³-hybridized carbons (Fsp3) is 0.148. The van der Waals surface area contributed by atoms with Crippen molar-refractivity contribution in [3.8, 4) is 11.3 Å². The Bertz CT molecular complexity index is 1360. The normalized spacial score (nSPS) is 17.3. The molecule has 0 radical (unpaired) electrons. The third-order valence-corrected chi connectivity index (χ3v) is 6.70. The van der Waals surface area contributed by atoms with Crippen LogP contribution < -0.4 is 10.6 Å². The number of aromatic nitrogens is 1. The molecular weight excluding hydrogens is 480 g/mol. The van der Waals surface area contributed by atoms with Gasteiger partial charge in [-0.15, -0.1) is 0 Å². The molecule has 0 bridgehead atoms. The lowest BCUT2D eigenvalue weighted by molar-refractivity contribution is -0.116. The van der Waals surface area contributed by atoms with Gasteiger partial charge in [-0.25, -0.2) is 0 Å². The van der Waals surface area contributed by atoms with Gasteiger partial charge in [0.25, 0.3) is 0 Å². The van der Waals surface area contributed by atoms with E-state index in [-0.39, 0.29) is 24.5 Å². The lowest BCUT2D eigenvalue weighted by atomic mass is 10.0. The van der Waals surface area contributed by atoms with Gasteiger partial charge in [0.2, 0.25) is 5.91 Å². The van der Waals surface area contributed by atoms with Gasteiger partial charge in [-0.05, 0) is 67.2 Å². The molecule has 3 heterocycles. The molecule has 0 saturated carbocycles. The second-order valence-corrected chi connectivity index (χ2v) is 9.13. The van der Waals surface area contributed by atoms with Gasteiger partial charge in [0.15, 0.2) is 5.11 Å². The van der Waals surface area contributed by atoms with Crippen molar-refractivity contribution in [3.63, 3.8) is 0 Å². The van der Waals surface area contributed by atoms with Crippen molar-refractivity contribution in [1.82, 2.24) is 15.2 Å². The average Bonchev–Trinajstić information content (AvgIpc) is 3.47. The molecule has 4 aromatic rings. The first-order chi connectivity index (χ1) is 17.0. The van der Waals surface area contributed by atoms with Gasteiger partial charge in [-0.3, -0.25) is 9.78 Å². The van der Waals surface area contributed by atoms with Crippen LogP contribution in [0.25, 0.3) is 11.3 Å². The van der Waals surface area contributed by atoms with Crippen LogP contribution in [0, 0.1) is 6.92 Å². The van der Waals surface area contributed by atoms with Crippen LogP contribution in [0.1, 0.15) is 29.1 Å². The summed E-state index contributed by atoms with van der Waals surface area (Å²) < 4.78 is 6.32. The molecule has 1 fully saturated rings. The molecule has 2 aromatic carbocycles. The topological polar surface area (TPSA) is 70.4 Å². The van der Waals surface area contributed by atoms with Gasteiger partial charge in [0.1, 0.15) is 24.1 Å². The number of aryl methyl sites for hydroxylation is 1. The summed E-state index contributed by atoms with van der Waals surface area (Å²) in [5.41, 5.74) is 3.41. The maximum Gasteiger partial charge on any atom is 0.244 e. The molecule has 1 saturated heterocycles. The molecule has 176 valence electrons.